The highest BCUT2D eigenvalue weighted by Crippen LogP contribution is 2.68. The van der Waals surface area contributed by atoms with Crippen LogP contribution in [0.2, 0.25) is 0 Å². The van der Waals surface area contributed by atoms with Crippen molar-refractivity contribution in [1.29, 1.82) is 0 Å². The van der Waals surface area contributed by atoms with Gasteiger partial charge in [0.1, 0.15) is 13.2 Å². The van der Waals surface area contributed by atoms with Crippen LogP contribution in [-0.2, 0) is 32.2 Å². The first kappa shape index (κ1) is 60.9. The first-order valence-corrected chi connectivity index (χ1v) is 33.8. The number of likely N-dealkylation sites (tertiary alicyclic amines) is 2. The zero-order valence-electron chi connectivity index (χ0n) is 52.3. The van der Waals surface area contributed by atoms with Gasteiger partial charge in [0.05, 0.1) is 41.6 Å². The number of nitrogens with zero attached hydrogens (tertiary/aromatic N) is 5. The normalized spacial score (nSPS) is 44.0. The molecule has 10 fully saturated rings. The lowest BCUT2D eigenvalue weighted by atomic mass is 9.52. The molecule has 0 radical (unpaired) electrons. The summed E-state index contributed by atoms with van der Waals surface area (Å²) in [7, 11) is 0. The van der Waals surface area contributed by atoms with Crippen LogP contribution in [0.15, 0.2) is 88.1 Å². The van der Waals surface area contributed by atoms with Gasteiger partial charge < -0.3 is 33.9 Å². The summed E-state index contributed by atoms with van der Waals surface area (Å²) in [6, 6.07) is 20.3. The summed E-state index contributed by atoms with van der Waals surface area (Å²) in [5, 5.41) is 14.6. The average molecular weight is 1160 g/mol. The fraction of sp³-hybridized carbons (Fsp3) is 0.753. The van der Waals surface area contributed by atoms with Crippen molar-refractivity contribution in [3.05, 3.63) is 105 Å². The van der Waals surface area contributed by atoms with Gasteiger partial charge in [0.25, 0.3) is 0 Å². The van der Waals surface area contributed by atoms with Gasteiger partial charge in [-0.15, -0.1) is 0 Å². The second-order valence-electron chi connectivity index (χ2n) is 30.9. The molecule has 12 heteroatoms. The second-order valence-corrected chi connectivity index (χ2v) is 30.9. The summed E-state index contributed by atoms with van der Waals surface area (Å²) in [6.45, 7) is 21.3. The Bertz CT molecular complexity index is 2870. The Balaban J connectivity index is 0.000000165. The quantitative estimate of drug-likeness (QED) is 0.136. The molecule has 2 aromatic rings. The van der Waals surface area contributed by atoms with Crippen molar-refractivity contribution in [1.82, 2.24) is 9.80 Å². The van der Waals surface area contributed by atoms with Crippen LogP contribution >= 0.6 is 0 Å². The fourth-order valence-corrected chi connectivity index (χ4v) is 22.3. The molecule has 2 spiro atoms. The molecule has 0 bridgehead atoms. The second kappa shape index (κ2) is 23.9. The molecule has 4 saturated heterocycles. The van der Waals surface area contributed by atoms with E-state index in [9.17, 15) is 14.7 Å². The summed E-state index contributed by atoms with van der Waals surface area (Å²) >= 11 is 0. The van der Waals surface area contributed by atoms with Crippen LogP contribution in [0.4, 0.5) is 9.59 Å². The molecule has 12 aliphatic rings. The van der Waals surface area contributed by atoms with Crippen LogP contribution in [0.5, 0.6) is 0 Å². The zero-order chi connectivity index (χ0) is 58.5. The van der Waals surface area contributed by atoms with Crippen molar-refractivity contribution >= 4 is 12.2 Å². The number of hydrogen-bond acceptors (Lipinski definition) is 8. The zero-order valence-corrected chi connectivity index (χ0v) is 52.3. The van der Waals surface area contributed by atoms with Gasteiger partial charge in [-0.05, 0) is 229 Å². The number of hydrogen-bond donors (Lipinski definition) is 1. The van der Waals surface area contributed by atoms with E-state index in [1.165, 1.54) is 64.2 Å². The Hall–Kier alpha value is -4.35. The molecule has 12 nitrogen and oxygen atoms in total. The maximum absolute atomic E-state index is 13.5. The van der Waals surface area contributed by atoms with E-state index in [0.29, 0.717) is 59.6 Å². The van der Waals surface area contributed by atoms with E-state index in [2.05, 4.69) is 65.4 Å². The van der Waals surface area contributed by atoms with Gasteiger partial charge in [-0.3, -0.25) is 0 Å². The molecule has 0 unspecified atom stereocenters. The number of azide groups is 1. The van der Waals surface area contributed by atoms with E-state index in [4.69, 9.17) is 24.5 Å². The van der Waals surface area contributed by atoms with E-state index in [0.717, 1.165) is 112 Å². The number of benzene rings is 2. The van der Waals surface area contributed by atoms with Crippen LogP contribution in [-0.4, -0.2) is 87.8 Å². The number of fused-ring (bicyclic) bond motifs is 12. The van der Waals surface area contributed by atoms with Crippen molar-refractivity contribution in [2.45, 2.75) is 252 Å². The molecule has 4 heterocycles. The number of carbonyl (C=O) groups is 2. The Labute approximate surface area is 510 Å². The highest BCUT2D eigenvalue weighted by Gasteiger charge is 2.63. The largest absolute Gasteiger partial charge is 0.445 e. The van der Waals surface area contributed by atoms with Gasteiger partial charge in [-0.2, -0.15) is 0 Å². The van der Waals surface area contributed by atoms with E-state index in [1.54, 1.807) is 22.3 Å². The topological polar surface area (TPSA) is 147 Å². The molecule has 2 amide bonds. The van der Waals surface area contributed by atoms with Crippen molar-refractivity contribution in [3.8, 4) is 0 Å². The number of amides is 2. The number of aliphatic hydroxyl groups is 1. The summed E-state index contributed by atoms with van der Waals surface area (Å²) in [5.41, 5.74) is 18.1. The molecule has 0 aromatic heterocycles. The first-order valence-electron chi connectivity index (χ1n) is 33.8. The Morgan fingerprint density at radius 2 is 1.07 bits per heavy atom. The third-order valence-electron chi connectivity index (χ3n) is 26.5. The number of piperidine rings is 2. The lowest BCUT2D eigenvalue weighted by Gasteiger charge is -2.53. The smallest absolute Gasteiger partial charge is 0.410 e. The molecular weight excluding hydrogens is 1060 g/mol. The number of rotatable bonds is 5. The average Bonchev–Trinajstić information content (AvgIpc) is 1.69. The predicted molar refractivity (Wildman–Crippen MR) is 334 cm³/mol. The van der Waals surface area contributed by atoms with Gasteiger partial charge in [-0.25, -0.2) is 9.59 Å². The van der Waals surface area contributed by atoms with Crippen molar-refractivity contribution in [3.63, 3.8) is 0 Å². The van der Waals surface area contributed by atoms with Crippen LogP contribution in [0.1, 0.15) is 202 Å². The lowest BCUT2D eigenvalue weighted by Crippen LogP contribution is -2.54. The third-order valence-corrected chi connectivity index (χ3v) is 26.5. The summed E-state index contributed by atoms with van der Waals surface area (Å²) < 4.78 is 26.1. The molecule has 14 rings (SSSR count). The van der Waals surface area contributed by atoms with Gasteiger partial charge in [0, 0.05) is 35.9 Å². The van der Waals surface area contributed by atoms with Crippen molar-refractivity contribution in [2.75, 3.05) is 13.1 Å². The maximum Gasteiger partial charge on any atom is 0.410 e. The highest BCUT2D eigenvalue weighted by atomic mass is 16.6. The Morgan fingerprint density at radius 3 is 1.53 bits per heavy atom. The molecule has 6 saturated carbocycles. The van der Waals surface area contributed by atoms with Crippen LogP contribution < -0.4 is 0 Å². The highest BCUT2D eigenvalue weighted by molar-refractivity contribution is 5.69. The number of carbonyl (C=O) groups excluding carboxylic acids is 2. The van der Waals surface area contributed by atoms with Crippen molar-refractivity contribution in [2.24, 2.45) is 87.0 Å². The minimum absolute atomic E-state index is 0. The minimum atomic E-state index is -0.206. The fourth-order valence-electron chi connectivity index (χ4n) is 22.3. The van der Waals surface area contributed by atoms with Gasteiger partial charge in [-0.1, -0.05) is 137 Å². The molecule has 4 aliphatic heterocycles. The van der Waals surface area contributed by atoms with E-state index in [1.807, 2.05) is 70.5 Å². The monoisotopic (exact) mass is 1160 g/mol. The molecule has 1 N–H and O–H groups in total. The van der Waals surface area contributed by atoms with Gasteiger partial charge >= 0.3 is 12.2 Å². The van der Waals surface area contributed by atoms with Gasteiger partial charge in [0.15, 0.2) is 0 Å². The lowest BCUT2D eigenvalue weighted by molar-refractivity contribution is -0.0832. The predicted octanol–water partition coefficient (Wildman–Crippen LogP) is 17.0. The third kappa shape index (κ3) is 10.8. The Morgan fingerprint density at radius 1 is 0.624 bits per heavy atom. The van der Waals surface area contributed by atoms with Crippen LogP contribution in [0.25, 0.3) is 10.4 Å². The summed E-state index contributed by atoms with van der Waals surface area (Å²) in [4.78, 5) is 34.3. The number of aliphatic hydroxyl groups excluding tert-OH is 1. The SMILES string of the molecule is C.CC1=C2C[C@H]3[C@@H](CC[C@@H]4C[C@@H](O)CC[C@@]43C)[C@@H]2CC[C@@]2(C1)O[C@@H]1C[C@H](C)CN(C(=O)OCc3ccccc3)[C@H]1[C@H]2C.CC1=C2C[C@H]3[C@@H](CC[C@@H]4C[C@H](N=[N+]=[N-])CC[C@@]43C)[C@@H]2CC[C@@]2(C1)O[C@@H]1C[C@H](C)CN(C(=O)OCc3ccccc3)[C@H]1[C@H]2C. The van der Waals surface area contributed by atoms with Crippen molar-refractivity contribution < 1.29 is 33.6 Å². The maximum atomic E-state index is 13.5. The molecule has 464 valence electrons. The molecule has 2 aromatic carbocycles. The van der Waals surface area contributed by atoms with E-state index >= 15 is 0 Å². The molecule has 22 atom stereocenters. The first-order chi connectivity index (χ1) is 40.4. The number of allylic oxidation sites excluding steroid dienone is 2. The molecule has 8 aliphatic carbocycles. The number of ether oxygens (including phenoxy) is 4. The van der Waals surface area contributed by atoms with Crippen LogP contribution in [0, 0.1) is 81.8 Å². The van der Waals surface area contributed by atoms with Gasteiger partial charge in [0.2, 0.25) is 0 Å². The summed E-state index contributed by atoms with van der Waals surface area (Å²) in [5.74, 6) is 7.15. The standard InChI is InChI=1S/C36H50N4O3.C36H51NO4.CH4/c1-22-16-32-33(40(20-22)34(41)42-21-25-8-6-5-7-9-25)24(3)36(43-32)15-13-28-29-11-10-26-17-27(38-39-37)12-14-35(26,4)31(29)18-30(28)23(2)19-36;1-22-16-32-33(37(20-22)34(39)40-21-25-8-6-5-7-9-25)24(3)36(41-32)15-13-28-29-11-10-26-17-27(38)12-14-35(26,4)31(29)18-30(28)23(2)19-36;/h5-9,22,24,26-29,31-33H,10-21H2,1-4H3;5-9,22,24,26-29,31-33,38H,10-21H2,1-4H3;1H4/t22-,24+,26+,27+,28-,29-,31-,32+,33-,35-,36-;22-,24+,26+,27-,28-,29-,31-,32+,33-,35-,36-;/m00./s1. The Kier molecular flexibility index (Phi) is 17.1. The molecular formula is C73H105N5O7. The van der Waals surface area contributed by atoms with Crippen LogP contribution in [0.3, 0.4) is 0 Å². The van der Waals surface area contributed by atoms with E-state index in [-0.39, 0.29) is 79.1 Å². The van der Waals surface area contributed by atoms with E-state index < -0.39 is 0 Å². The summed E-state index contributed by atoms with van der Waals surface area (Å²) in [6.07, 6.45) is 22.5. The molecule has 85 heavy (non-hydrogen) atoms. The minimum Gasteiger partial charge on any atom is -0.445 e.